The highest BCUT2D eigenvalue weighted by atomic mass is 16.5. The molecule has 0 aromatic heterocycles. The molecule has 2 unspecified atom stereocenters. The molecule has 3 rings (SSSR count). The second-order valence-corrected chi connectivity index (χ2v) is 9.09. The standard InChI is InChI=1S/C27H36NO6/c1-18(29)22-9-8-20(15-25(22)31-4)14-24-23-17-27(33-6)26(32-5)16-21(23)10-12-28(24,3)11-7-13-34-19(2)30/h8-9,15-17,24H,7,10-14H2,1-6H3/q+1. The van der Waals surface area contributed by atoms with E-state index in [-0.39, 0.29) is 17.8 Å². The number of rotatable bonds is 10. The topological polar surface area (TPSA) is 71.1 Å². The molecule has 2 aromatic carbocycles. The molecule has 0 spiro atoms. The third-order valence-corrected chi connectivity index (χ3v) is 6.84. The van der Waals surface area contributed by atoms with Gasteiger partial charge < -0.3 is 23.4 Å². The largest absolute Gasteiger partial charge is 0.496 e. The third kappa shape index (κ3) is 5.53. The maximum atomic E-state index is 12.0. The zero-order chi connectivity index (χ0) is 24.9. The van der Waals surface area contributed by atoms with Crippen LogP contribution in [0.25, 0.3) is 0 Å². The average molecular weight is 471 g/mol. The van der Waals surface area contributed by atoms with E-state index in [1.807, 2.05) is 18.2 Å². The van der Waals surface area contributed by atoms with Gasteiger partial charge in [0.2, 0.25) is 0 Å². The van der Waals surface area contributed by atoms with Gasteiger partial charge in [-0.2, -0.15) is 0 Å². The highest BCUT2D eigenvalue weighted by molar-refractivity contribution is 5.96. The number of carbonyl (C=O) groups is 2. The van der Waals surface area contributed by atoms with Gasteiger partial charge in [0.25, 0.3) is 0 Å². The maximum Gasteiger partial charge on any atom is 0.302 e. The van der Waals surface area contributed by atoms with E-state index in [0.717, 1.165) is 48.1 Å². The number of hydrogen-bond donors (Lipinski definition) is 0. The van der Waals surface area contributed by atoms with E-state index in [0.29, 0.717) is 23.7 Å². The van der Waals surface area contributed by atoms with Gasteiger partial charge in [0.1, 0.15) is 11.8 Å². The number of esters is 1. The molecule has 1 aliphatic rings. The van der Waals surface area contributed by atoms with Crippen molar-refractivity contribution in [2.75, 3.05) is 48.1 Å². The first-order valence-electron chi connectivity index (χ1n) is 11.6. The van der Waals surface area contributed by atoms with E-state index >= 15 is 0 Å². The Morgan fingerprint density at radius 3 is 2.26 bits per heavy atom. The first-order valence-corrected chi connectivity index (χ1v) is 11.6. The fourth-order valence-corrected chi connectivity index (χ4v) is 4.95. The fourth-order valence-electron chi connectivity index (χ4n) is 4.95. The zero-order valence-corrected chi connectivity index (χ0v) is 21.1. The summed E-state index contributed by atoms with van der Waals surface area (Å²) in [5, 5.41) is 0. The molecule has 2 atom stereocenters. The fraction of sp³-hybridized carbons (Fsp3) is 0.481. The monoisotopic (exact) mass is 470 g/mol. The van der Waals surface area contributed by atoms with Crippen molar-refractivity contribution in [3.63, 3.8) is 0 Å². The Hall–Kier alpha value is -3.06. The minimum Gasteiger partial charge on any atom is -0.496 e. The van der Waals surface area contributed by atoms with E-state index in [9.17, 15) is 9.59 Å². The molecule has 0 saturated heterocycles. The summed E-state index contributed by atoms with van der Waals surface area (Å²) in [4.78, 5) is 23.2. The molecule has 0 fully saturated rings. The van der Waals surface area contributed by atoms with Crippen LogP contribution in [0.4, 0.5) is 0 Å². The lowest BCUT2D eigenvalue weighted by Gasteiger charge is -2.46. The predicted octanol–water partition coefficient (Wildman–Crippen LogP) is 4.15. The SMILES string of the molecule is COc1cc2c(cc1OC)C(Cc1ccc(C(C)=O)c(OC)c1)[N+](C)(CCCOC(C)=O)CC2. The zero-order valence-electron chi connectivity index (χ0n) is 21.1. The third-order valence-electron chi connectivity index (χ3n) is 6.84. The number of carbonyl (C=O) groups excluding carboxylic acids is 2. The number of nitrogens with zero attached hydrogens (tertiary/aromatic N) is 1. The normalized spacial score (nSPS) is 19.2. The van der Waals surface area contributed by atoms with E-state index in [4.69, 9.17) is 18.9 Å². The van der Waals surface area contributed by atoms with Crippen molar-refractivity contribution in [1.29, 1.82) is 0 Å². The van der Waals surface area contributed by atoms with Crippen molar-refractivity contribution in [3.8, 4) is 17.2 Å². The summed E-state index contributed by atoms with van der Waals surface area (Å²) in [6.07, 6.45) is 2.46. The summed E-state index contributed by atoms with van der Waals surface area (Å²) in [6.45, 7) is 5.22. The molecule has 1 heterocycles. The van der Waals surface area contributed by atoms with E-state index in [1.165, 1.54) is 18.1 Å². The van der Waals surface area contributed by atoms with Crippen LogP contribution >= 0.6 is 0 Å². The number of Topliss-reactive ketones (excluding diaryl/α,β-unsaturated/α-hetero) is 1. The van der Waals surface area contributed by atoms with Gasteiger partial charge in [0, 0.05) is 31.7 Å². The lowest BCUT2D eigenvalue weighted by atomic mass is 9.86. The van der Waals surface area contributed by atoms with E-state index in [1.54, 1.807) is 28.3 Å². The number of methoxy groups -OCH3 is 3. The van der Waals surface area contributed by atoms with Gasteiger partial charge in [0.15, 0.2) is 17.3 Å². The average Bonchev–Trinajstić information content (AvgIpc) is 2.82. The molecule has 0 N–H and O–H groups in total. The van der Waals surface area contributed by atoms with Crippen molar-refractivity contribution in [3.05, 3.63) is 52.6 Å². The van der Waals surface area contributed by atoms with Gasteiger partial charge in [-0.15, -0.1) is 0 Å². The van der Waals surface area contributed by atoms with Gasteiger partial charge in [-0.05, 0) is 42.3 Å². The number of fused-ring (bicyclic) bond motifs is 1. The lowest BCUT2D eigenvalue weighted by molar-refractivity contribution is -0.941. The molecule has 7 heteroatoms. The van der Waals surface area contributed by atoms with Gasteiger partial charge in [-0.25, -0.2) is 0 Å². The van der Waals surface area contributed by atoms with Crippen LogP contribution in [0.3, 0.4) is 0 Å². The van der Waals surface area contributed by atoms with Crippen LogP contribution in [0, 0.1) is 0 Å². The molecule has 184 valence electrons. The van der Waals surface area contributed by atoms with Gasteiger partial charge in [-0.3, -0.25) is 9.59 Å². The molecule has 34 heavy (non-hydrogen) atoms. The van der Waals surface area contributed by atoms with E-state index in [2.05, 4.69) is 19.2 Å². The lowest BCUT2D eigenvalue weighted by Crippen LogP contribution is -2.52. The molecular weight excluding hydrogens is 434 g/mol. The highest BCUT2D eigenvalue weighted by Crippen LogP contribution is 2.42. The first-order chi connectivity index (χ1) is 16.2. The summed E-state index contributed by atoms with van der Waals surface area (Å²) >= 11 is 0. The van der Waals surface area contributed by atoms with Crippen molar-refractivity contribution in [2.24, 2.45) is 0 Å². The number of benzene rings is 2. The van der Waals surface area contributed by atoms with Gasteiger partial charge >= 0.3 is 5.97 Å². The van der Waals surface area contributed by atoms with Crippen LogP contribution in [0.5, 0.6) is 17.2 Å². The molecule has 7 nitrogen and oxygen atoms in total. The minimum absolute atomic E-state index is 0.0191. The Bertz CT molecular complexity index is 1050. The Labute approximate surface area is 202 Å². The Morgan fingerprint density at radius 2 is 1.65 bits per heavy atom. The molecule has 2 aromatic rings. The van der Waals surface area contributed by atoms with Crippen molar-refractivity contribution >= 4 is 11.8 Å². The molecule has 0 saturated carbocycles. The second kappa shape index (κ2) is 10.9. The quantitative estimate of drug-likeness (QED) is 0.225. The molecule has 1 aliphatic heterocycles. The summed E-state index contributed by atoms with van der Waals surface area (Å²) in [5.74, 6) is 1.77. The van der Waals surface area contributed by atoms with Crippen LogP contribution in [0.15, 0.2) is 30.3 Å². The molecule has 0 aliphatic carbocycles. The number of likely N-dealkylation sites (N-methyl/N-ethyl adjacent to an activating group) is 1. The van der Waals surface area contributed by atoms with Crippen LogP contribution < -0.4 is 14.2 Å². The first kappa shape index (κ1) is 25.6. The molecule has 0 radical (unpaired) electrons. The minimum atomic E-state index is -0.252. The molecular formula is C27H36NO6+. The Balaban J connectivity index is 2.00. The van der Waals surface area contributed by atoms with Crippen molar-refractivity contribution in [2.45, 2.75) is 39.2 Å². The summed E-state index contributed by atoms with van der Waals surface area (Å²) < 4.78 is 22.7. The van der Waals surface area contributed by atoms with Gasteiger partial charge in [0.05, 0.1) is 53.6 Å². The van der Waals surface area contributed by atoms with Crippen molar-refractivity contribution < 1.29 is 33.0 Å². The summed E-state index contributed by atoms with van der Waals surface area (Å²) in [5.41, 5.74) is 4.17. The Kier molecular flexibility index (Phi) is 8.20. The predicted molar refractivity (Wildman–Crippen MR) is 130 cm³/mol. The maximum absolute atomic E-state index is 12.0. The summed E-state index contributed by atoms with van der Waals surface area (Å²) in [6, 6.07) is 10.2. The van der Waals surface area contributed by atoms with Gasteiger partial charge in [-0.1, -0.05) is 6.07 Å². The summed E-state index contributed by atoms with van der Waals surface area (Å²) in [7, 11) is 7.16. The second-order valence-electron chi connectivity index (χ2n) is 9.09. The van der Waals surface area contributed by atoms with Crippen LogP contribution in [0.2, 0.25) is 0 Å². The van der Waals surface area contributed by atoms with E-state index < -0.39 is 0 Å². The van der Waals surface area contributed by atoms with Crippen LogP contribution in [0.1, 0.15) is 53.4 Å². The molecule has 0 bridgehead atoms. The highest BCUT2D eigenvalue weighted by Gasteiger charge is 2.39. The van der Waals surface area contributed by atoms with Crippen LogP contribution in [-0.4, -0.2) is 64.3 Å². The van der Waals surface area contributed by atoms with Crippen LogP contribution in [-0.2, 0) is 22.4 Å². The Morgan fingerprint density at radius 1 is 0.971 bits per heavy atom. The number of hydrogen-bond acceptors (Lipinski definition) is 6. The number of quaternary nitrogens is 1. The smallest absolute Gasteiger partial charge is 0.302 e. The van der Waals surface area contributed by atoms with Crippen molar-refractivity contribution in [1.82, 2.24) is 0 Å². The number of ether oxygens (including phenoxy) is 4. The number of ketones is 1. The molecule has 0 amide bonds.